The van der Waals surface area contributed by atoms with E-state index in [1.807, 2.05) is 30.5 Å². The Morgan fingerprint density at radius 2 is 1.90 bits per heavy atom. The summed E-state index contributed by atoms with van der Waals surface area (Å²) >= 11 is 1.70. The van der Waals surface area contributed by atoms with Gasteiger partial charge in [0, 0.05) is 16.7 Å². The summed E-state index contributed by atoms with van der Waals surface area (Å²) < 4.78 is 6.16. The quantitative estimate of drug-likeness (QED) is 0.553. The standard InChI is InChI=1S/C16H21NOSSi/c1-13(17-12-14-8-7-11-19-14)15-9-5-6-10-16(15)18-20(2,3)4/h5-13H,1-4H3/b17-12+. The SMILES string of the molecule is CC(/N=C/c1cccs1)c1ccccc1O[Si](C)(C)C. The highest BCUT2D eigenvalue weighted by Gasteiger charge is 2.19. The zero-order chi connectivity index (χ0) is 14.6. The smallest absolute Gasteiger partial charge is 0.242 e. The van der Waals surface area contributed by atoms with Crippen molar-refractivity contribution in [2.75, 3.05) is 0 Å². The predicted octanol–water partition coefficient (Wildman–Crippen LogP) is 5.14. The molecule has 0 fully saturated rings. The number of hydrogen-bond donors (Lipinski definition) is 0. The fourth-order valence-electron chi connectivity index (χ4n) is 1.88. The third-order valence-corrected chi connectivity index (χ3v) is 4.39. The van der Waals surface area contributed by atoms with Crippen LogP contribution >= 0.6 is 11.3 Å². The molecule has 106 valence electrons. The van der Waals surface area contributed by atoms with Crippen molar-refractivity contribution in [1.29, 1.82) is 0 Å². The average molecular weight is 304 g/mol. The van der Waals surface area contributed by atoms with Crippen LogP contribution in [-0.2, 0) is 0 Å². The van der Waals surface area contributed by atoms with Gasteiger partial charge in [-0.2, -0.15) is 0 Å². The molecular formula is C16H21NOSSi. The highest BCUT2D eigenvalue weighted by Crippen LogP contribution is 2.29. The van der Waals surface area contributed by atoms with E-state index < -0.39 is 8.32 Å². The number of thiophene rings is 1. The summed E-state index contributed by atoms with van der Waals surface area (Å²) in [5.41, 5.74) is 1.16. The molecule has 0 aliphatic carbocycles. The molecule has 2 aromatic rings. The fraction of sp³-hybridized carbons (Fsp3) is 0.312. The molecule has 1 aromatic carbocycles. The van der Waals surface area contributed by atoms with Crippen LogP contribution in [0.2, 0.25) is 19.6 Å². The predicted molar refractivity (Wildman–Crippen MR) is 90.7 cm³/mol. The van der Waals surface area contributed by atoms with Crippen LogP contribution in [0.5, 0.6) is 5.75 Å². The van der Waals surface area contributed by atoms with E-state index in [-0.39, 0.29) is 6.04 Å². The Hall–Kier alpha value is -1.39. The van der Waals surface area contributed by atoms with Crippen molar-refractivity contribution in [1.82, 2.24) is 0 Å². The Labute approximate surface area is 126 Å². The minimum absolute atomic E-state index is 0.102. The maximum atomic E-state index is 6.16. The van der Waals surface area contributed by atoms with Crippen molar-refractivity contribution in [2.24, 2.45) is 4.99 Å². The number of rotatable bonds is 5. The van der Waals surface area contributed by atoms with Gasteiger partial charge in [0.05, 0.1) is 6.04 Å². The summed E-state index contributed by atoms with van der Waals surface area (Å²) in [7, 11) is -1.60. The van der Waals surface area contributed by atoms with Crippen LogP contribution in [0.4, 0.5) is 0 Å². The van der Waals surface area contributed by atoms with Gasteiger partial charge in [0.15, 0.2) is 0 Å². The fourth-order valence-corrected chi connectivity index (χ4v) is 3.32. The molecule has 0 amide bonds. The molecule has 2 nitrogen and oxygen atoms in total. The Kier molecular flexibility index (Phi) is 4.78. The van der Waals surface area contributed by atoms with E-state index in [1.165, 1.54) is 4.88 Å². The normalized spacial score (nSPS) is 13.6. The van der Waals surface area contributed by atoms with E-state index >= 15 is 0 Å². The monoisotopic (exact) mass is 303 g/mol. The second kappa shape index (κ2) is 6.37. The number of para-hydroxylation sites is 1. The highest BCUT2D eigenvalue weighted by atomic mass is 32.1. The van der Waals surface area contributed by atoms with Crippen LogP contribution in [0.1, 0.15) is 23.4 Å². The third kappa shape index (κ3) is 4.32. The van der Waals surface area contributed by atoms with Crippen LogP contribution in [0, 0.1) is 0 Å². The summed E-state index contributed by atoms with van der Waals surface area (Å²) in [6.07, 6.45) is 1.95. The molecule has 1 aromatic heterocycles. The molecule has 4 heteroatoms. The van der Waals surface area contributed by atoms with Gasteiger partial charge in [-0.15, -0.1) is 11.3 Å². The second-order valence-electron chi connectivity index (χ2n) is 5.72. The maximum Gasteiger partial charge on any atom is 0.242 e. The maximum absolute atomic E-state index is 6.16. The summed E-state index contributed by atoms with van der Waals surface area (Å²) in [5.74, 6) is 0.975. The topological polar surface area (TPSA) is 21.6 Å². The zero-order valence-corrected chi connectivity index (χ0v) is 14.3. The lowest BCUT2D eigenvalue weighted by molar-refractivity contribution is 0.543. The largest absolute Gasteiger partial charge is 0.544 e. The first-order valence-electron chi connectivity index (χ1n) is 6.80. The molecule has 1 heterocycles. The van der Waals surface area contributed by atoms with Gasteiger partial charge in [0.1, 0.15) is 5.75 Å². The Morgan fingerprint density at radius 1 is 1.15 bits per heavy atom. The van der Waals surface area contributed by atoms with E-state index in [0.29, 0.717) is 0 Å². The second-order valence-corrected chi connectivity index (χ2v) is 11.1. The first-order valence-corrected chi connectivity index (χ1v) is 11.1. The van der Waals surface area contributed by atoms with Gasteiger partial charge in [-0.3, -0.25) is 4.99 Å². The van der Waals surface area contributed by atoms with E-state index in [2.05, 4.69) is 49.1 Å². The number of hydrogen-bond acceptors (Lipinski definition) is 3. The molecule has 0 spiro atoms. The molecule has 20 heavy (non-hydrogen) atoms. The van der Waals surface area contributed by atoms with Crippen LogP contribution in [0.15, 0.2) is 46.8 Å². The van der Waals surface area contributed by atoms with Gasteiger partial charge < -0.3 is 4.43 Å². The Morgan fingerprint density at radius 3 is 2.55 bits per heavy atom. The third-order valence-electron chi connectivity index (χ3n) is 2.75. The summed E-state index contributed by atoms with van der Waals surface area (Å²) in [6.45, 7) is 8.70. The van der Waals surface area contributed by atoms with Gasteiger partial charge in [-0.25, -0.2) is 0 Å². The molecule has 2 rings (SSSR count). The molecule has 0 saturated heterocycles. The molecule has 0 aliphatic heterocycles. The Bertz CT molecular complexity index is 572. The molecule has 0 bridgehead atoms. The van der Waals surface area contributed by atoms with Crippen LogP contribution in [0.25, 0.3) is 0 Å². The summed E-state index contributed by atoms with van der Waals surface area (Å²) in [6, 6.07) is 12.4. The molecule has 0 aliphatic rings. The lowest BCUT2D eigenvalue weighted by Crippen LogP contribution is -2.29. The first-order chi connectivity index (χ1) is 9.46. The van der Waals surface area contributed by atoms with Crippen LogP contribution < -0.4 is 4.43 Å². The van der Waals surface area contributed by atoms with E-state index in [1.54, 1.807) is 11.3 Å². The van der Waals surface area contributed by atoms with Gasteiger partial charge in [-0.1, -0.05) is 24.3 Å². The van der Waals surface area contributed by atoms with E-state index in [9.17, 15) is 0 Å². The number of benzene rings is 1. The van der Waals surface area contributed by atoms with Gasteiger partial charge in [0.2, 0.25) is 8.32 Å². The van der Waals surface area contributed by atoms with Gasteiger partial charge in [-0.05, 0) is 44.1 Å². The zero-order valence-electron chi connectivity index (χ0n) is 12.5. The van der Waals surface area contributed by atoms with Crippen LogP contribution in [0.3, 0.4) is 0 Å². The summed E-state index contributed by atoms with van der Waals surface area (Å²) in [4.78, 5) is 5.83. The molecular weight excluding hydrogens is 282 g/mol. The highest BCUT2D eigenvalue weighted by molar-refractivity contribution is 7.11. The number of aliphatic imine (C=N–C) groups is 1. The van der Waals surface area contributed by atoms with Crippen molar-refractivity contribution in [3.8, 4) is 5.75 Å². The molecule has 0 saturated carbocycles. The number of nitrogens with zero attached hydrogens (tertiary/aromatic N) is 1. The van der Waals surface area contributed by atoms with E-state index in [0.717, 1.165) is 11.3 Å². The van der Waals surface area contributed by atoms with E-state index in [4.69, 9.17) is 4.43 Å². The first kappa shape index (κ1) is 15.0. The van der Waals surface area contributed by atoms with Gasteiger partial charge >= 0.3 is 0 Å². The molecule has 1 atom stereocenters. The van der Waals surface area contributed by atoms with Crippen molar-refractivity contribution in [3.05, 3.63) is 52.2 Å². The molecule has 1 unspecified atom stereocenters. The van der Waals surface area contributed by atoms with Crippen LogP contribution in [-0.4, -0.2) is 14.5 Å². The lowest BCUT2D eigenvalue weighted by atomic mass is 10.1. The van der Waals surface area contributed by atoms with Crippen molar-refractivity contribution in [3.63, 3.8) is 0 Å². The summed E-state index contributed by atoms with van der Waals surface area (Å²) in [5, 5.41) is 2.06. The minimum atomic E-state index is -1.60. The van der Waals surface area contributed by atoms with Crippen molar-refractivity contribution >= 4 is 25.9 Å². The van der Waals surface area contributed by atoms with Crippen molar-refractivity contribution < 1.29 is 4.43 Å². The van der Waals surface area contributed by atoms with Gasteiger partial charge in [0.25, 0.3) is 0 Å². The lowest BCUT2D eigenvalue weighted by Gasteiger charge is -2.22. The molecule has 0 N–H and O–H groups in total. The Balaban J connectivity index is 2.19. The molecule has 0 radical (unpaired) electrons. The van der Waals surface area contributed by atoms with Crippen molar-refractivity contribution in [2.45, 2.75) is 32.6 Å². The average Bonchev–Trinajstić information content (AvgIpc) is 2.88. The minimum Gasteiger partial charge on any atom is -0.544 e.